The Labute approximate surface area is 178 Å². The first-order valence-corrected chi connectivity index (χ1v) is 11.4. The van der Waals surface area contributed by atoms with Crippen LogP contribution in [0.2, 0.25) is 0 Å². The van der Waals surface area contributed by atoms with Crippen LogP contribution in [0.25, 0.3) is 0 Å². The number of sulfonamides is 1. The number of rotatable bonds is 3. The van der Waals surface area contributed by atoms with Crippen LogP contribution in [0.15, 0.2) is 29.2 Å². The Hall–Kier alpha value is -2.57. The Balaban J connectivity index is 1.39. The Morgan fingerprint density at radius 1 is 1.03 bits per heavy atom. The van der Waals surface area contributed by atoms with E-state index in [1.54, 1.807) is 0 Å². The second-order valence-corrected chi connectivity index (χ2v) is 9.69. The maximum Gasteiger partial charge on any atom is 0.434 e. The third-order valence-electron chi connectivity index (χ3n) is 5.77. The van der Waals surface area contributed by atoms with E-state index in [2.05, 4.69) is 0 Å². The van der Waals surface area contributed by atoms with E-state index in [9.17, 15) is 27.2 Å². The molecule has 3 fully saturated rings. The number of hydrogen-bond donors (Lipinski definition) is 0. The molecule has 0 radical (unpaired) electrons. The fraction of sp³-hybridized carbons (Fsp3) is 0.526. The fourth-order valence-electron chi connectivity index (χ4n) is 3.96. The van der Waals surface area contributed by atoms with E-state index >= 15 is 0 Å². The van der Waals surface area contributed by atoms with Gasteiger partial charge >= 0.3 is 6.09 Å². The standard InChI is InChI=1S/C19H22FN3O7S/c20-14-1-3-15(4-2-14)31(27,28)22-11-12-29-19(13-22)7-9-21(10-8-19)18(26)30-23-16(24)5-6-17(23)25/h1-4H,5-13H2. The van der Waals surface area contributed by atoms with Gasteiger partial charge in [-0.25, -0.2) is 17.6 Å². The smallest absolute Gasteiger partial charge is 0.372 e. The van der Waals surface area contributed by atoms with Gasteiger partial charge in [0.2, 0.25) is 10.0 Å². The molecule has 31 heavy (non-hydrogen) atoms. The van der Waals surface area contributed by atoms with Gasteiger partial charge in [0.25, 0.3) is 11.8 Å². The van der Waals surface area contributed by atoms with Crippen LogP contribution >= 0.6 is 0 Å². The minimum atomic E-state index is -3.81. The second kappa shape index (κ2) is 8.17. The van der Waals surface area contributed by atoms with Crippen molar-refractivity contribution in [3.63, 3.8) is 0 Å². The summed E-state index contributed by atoms with van der Waals surface area (Å²) in [4.78, 5) is 41.9. The molecule has 3 amide bonds. The summed E-state index contributed by atoms with van der Waals surface area (Å²) in [6.45, 7) is 0.922. The van der Waals surface area contributed by atoms with Gasteiger partial charge in [0.05, 0.1) is 17.1 Å². The number of imide groups is 1. The van der Waals surface area contributed by atoms with Crippen molar-refractivity contribution < 1.29 is 36.8 Å². The van der Waals surface area contributed by atoms with Crippen LogP contribution in [-0.2, 0) is 29.2 Å². The van der Waals surface area contributed by atoms with E-state index in [4.69, 9.17) is 9.57 Å². The van der Waals surface area contributed by atoms with E-state index in [1.165, 1.54) is 21.3 Å². The third kappa shape index (κ3) is 4.27. The van der Waals surface area contributed by atoms with Crippen molar-refractivity contribution in [2.24, 2.45) is 0 Å². The molecule has 0 aliphatic carbocycles. The molecule has 1 aromatic carbocycles. The molecular formula is C19H22FN3O7S. The van der Waals surface area contributed by atoms with Crippen LogP contribution in [-0.4, -0.2) is 79.0 Å². The van der Waals surface area contributed by atoms with E-state index in [0.29, 0.717) is 17.9 Å². The van der Waals surface area contributed by atoms with Crippen LogP contribution in [0, 0.1) is 5.82 Å². The molecule has 3 aliphatic heterocycles. The maximum atomic E-state index is 13.2. The topological polar surface area (TPSA) is 114 Å². The number of halogens is 1. The summed E-state index contributed by atoms with van der Waals surface area (Å²) in [5.41, 5.74) is -0.762. The number of piperidine rings is 1. The molecule has 4 rings (SSSR count). The first kappa shape index (κ1) is 21.7. The van der Waals surface area contributed by atoms with Gasteiger partial charge in [-0.1, -0.05) is 0 Å². The monoisotopic (exact) mass is 455 g/mol. The summed E-state index contributed by atoms with van der Waals surface area (Å²) in [5.74, 6) is -1.62. The summed E-state index contributed by atoms with van der Waals surface area (Å²) in [6.07, 6.45) is -0.0492. The summed E-state index contributed by atoms with van der Waals surface area (Å²) in [6, 6.07) is 4.66. The molecule has 3 heterocycles. The average Bonchev–Trinajstić information content (AvgIpc) is 3.06. The molecule has 3 aliphatic rings. The highest BCUT2D eigenvalue weighted by molar-refractivity contribution is 7.89. The maximum absolute atomic E-state index is 13.2. The SMILES string of the molecule is O=C(ON1C(=O)CCC1=O)N1CCC2(CC1)CN(S(=O)(=O)c1ccc(F)cc1)CCO2. The molecule has 3 saturated heterocycles. The number of morpholine rings is 1. The predicted molar refractivity (Wildman–Crippen MR) is 102 cm³/mol. The summed E-state index contributed by atoms with van der Waals surface area (Å²) in [5, 5.41) is 0.501. The second-order valence-electron chi connectivity index (χ2n) is 7.75. The van der Waals surface area contributed by atoms with Gasteiger partial charge in [-0.05, 0) is 37.1 Å². The highest BCUT2D eigenvalue weighted by Crippen LogP contribution is 2.33. The number of carbonyl (C=O) groups is 3. The van der Waals surface area contributed by atoms with Crippen molar-refractivity contribution >= 4 is 27.9 Å². The van der Waals surface area contributed by atoms with Crippen LogP contribution in [0.5, 0.6) is 0 Å². The average molecular weight is 455 g/mol. The molecule has 168 valence electrons. The Bertz CT molecular complexity index is 974. The lowest BCUT2D eigenvalue weighted by atomic mass is 9.90. The molecule has 10 nitrogen and oxygen atoms in total. The van der Waals surface area contributed by atoms with Crippen molar-refractivity contribution in [1.82, 2.24) is 14.3 Å². The minimum absolute atomic E-state index is 0.00640. The Morgan fingerprint density at radius 3 is 2.26 bits per heavy atom. The number of hydrogen-bond acceptors (Lipinski definition) is 7. The zero-order valence-corrected chi connectivity index (χ0v) is 17.5. The van der Waals surface area contributed by atoms with Gasteiger partial charge in [0.1, 0.15) is 5.82 Å². The fourth-order valence-corrected chi connectivity index (χ4v) is 5.46. The highest BCUT2D eigenvalue weighted by atomic mass is 32.2. The predicted octanol–water partition coefficient (Wildman–Crippen LogP) is 0.882. The van der Waals surface area contributed by atoms with Crippen molar-refractivity contribution in [2.45, 2.75) is 36.2 Å². The molecule has 0 unspecified atom stereocenters. The lowest BCUT2D eigenvalue weighted by molar-refractivity contribution is -0.175. The Kier molecular flexibility index (Phi) is 5.71. The number of benzene rings is 1. The summed E-state index contributed by atoms with van der Waals surface area (Å²) < 4.78 is 46.3. The zero-order valence-electron chi connectivity index (χ0n) is 16.7. The van der Waals surface area contributed by atoms with Crippen LogP contribution in [0.1, 0.15) is 25.7 Å². The van der Waals surface area contributed by atoms with E-state index in [0.717, 1.165) is 12.1 Å². The van der Waals surface area contributed by atoms with Gasteiger partial charge in [-0.15, -0.1) is 5.06 Å². The van der Waals surface area contributed by atoms with Crippen molar-refractivity contribution in [1.29, 1.82) is 0 Å². The van der Waals surface area contributed by atoms with Crippen LogP contribution < -0.4 is 0 Å². The molecule has 0 bridgehead atoms. The number of carbonyl (C=O) groups excluding carboxylic acids is 3. The summed E-state index contributed by atoms with van der Waals surface area (Å²) >= 11 is 0. The van der Waals surface area contributed by atoms with Crippen LogP contribution in [0.3, 0.4) is 0 Å². The van der Waals surface area contributed by atoms with E-state index in [1.807, 2.05) is 0 Å². The first-order chi connectivity index (χ1) is 14.7. The molecule has 1 spiro atoms. The lowest BCUT2D eigenvalue weighted by Crippen LogP contribution is -2.58. The van der Waals surface area contributed by atoms with Crippen LogP contribution in [0.4, 0.5) is 9.18 Å². The highest BCUT2D eigenvalue weighted by Gasteiger charge is 2.45. The van der Waals surface area contributed by atoms with Crippen molar-refractivity contribution in [3.05, 3.63) is 30.1 Å². The van der Waals surface area contributed by atoms with E-state index < -0.39 is 39.3 Å². The van der Waals surface area contributed by atoms with E-state index in [-0.39, 0.29) is 50.5 Å². The number of ether oxygens (including phenoxy) is 1. The molecule has 0 N–H and O–H groups in total. The molecule has 0 saturated carbocycles. The molecule has 1 aromatic rings. The lowest BCUT2D eigenvalue weighted by Gasteiger charge is -2.46. The first-order valence-electron chi connectivity index (χ1n) is 9.93. The van der Waals surface area contributed by atoms with Gasteiger partial charge in [-0.3, -0.25) is 9.59 Å². The molecular weight excluding hydrogens is 433 g/mol. The number of hydroxylamine groups is 2. The molecule has 0 aromatic heterocycles. The molecule has 0 atom stereocenters. The van der Waals surface area contributed by atoms with Gasteiger partial charge < -0.3 is 14.5 Å². The number of amides is 3. The summed E-state index contributed by atoms with van der Waals surface area (Å²) in [7, 11) is -3.81. The van der Waals surface area contributed by atoms with Crippen molar-refractivity contribution in [3.8, 4) is 0 Å². The number of likely N-dealkylation sites (tertiary alicyclic amines) is 1. The van der Waals surface area contributed by atoms with Gasteiger partial charge in [0, 0.05) is 39.0 Å². The Morgan fingerprint density at radius 2 is 1.65 bits per heavy atom. The largest absolute Gasteiger partial charge is 0.434 e. The third-order valence-corrected chi connectivity index (χ3v) is 7.63. The normalized spacial score (nSPS) is 22.2. The minimum Gasteiger partial charge on any atom is -0.372 e. The van der Waals surface area contributed by atoms with Crippen molar-refractivity contribution in [2.75, 3.05) is 32.8 Å². The number of nitrogens with zero attached hydrogens (tertiary/aromatic N) is 3. The quantitative estimate of drug-likeness (QED) is 0.622. The van der Waals surface area contributed by atoms with Gasteiger partial charge in [0.15, 0.2) is 0 Å². The van der Waals surface area contributed by atoms with Gasteiger partial charge in [-0.2, -0.15) is 4.31 Å². The molecule has 12 heteroatoms. The zero-order chi connectivity index (χ0) is 22.2.